The third-order valence-electron chi connectivity index (χ3n) is 4.46. The number of pyridine rings is 1. The zero-order valence-corrected chi connectivity index (χ0v) is 14.6. The minimum Gasteiger partial charge on any atom is -0.320 e. The molecule has 1 aliphatic heterocycles. The van der Waals surface area contributed by atoms with Crippen LogP contribution in [0.15, 0.2) is 60.2 Å². The lowest BCUT2D eigenvalue weighted by molar-refractivity contribution is 0.103. The summed E-state index contributed by atoms with van der Waals surface area (Å²) >= 11 is 1.45. The number of nitrogens with one attached hydrogen (secondary N) is 1. The Hall–Kier alpha value is -2.50. The molecule has 2 aromatic heterocycles. The van der Waals surface area contributed by atoms with Gasteiger partial charge in [-0.2, -0.15) is 0 Å². The molecule has 0 spiro atoms. The van der Waals surface area contributed by atoms with Gasteiger partial charge in [0.2, 0.25) is 0 Å². The average Bonchev–Trinajstić information content (AvgIpc) is 3.17. The fourth-order valence-corrected chi connectivity index (χ4v) is 3.85. The lowest BCUT2D eigenvalue weighted by Gasteiger charge is -2.29. The van der Waals surface area contributed by atoms with Crippen molar-refractivity contribution in [3.8, 4) is 0 Å². The summed E-state index contributed by atoms with van der Waals surface area (Å²) in [7, 11) is 0. The van der Waals surface area contributed by atoms with Crippen molar-refractivity contribution in [1.29, 1.82) is 0 Å². The van der Waals surface area contributed by atoms with E-state index in [0.29, 0.717) is 0 Å². The number of carbonyl (C=O) groups excluding carboxylic acids is 1. The second-order valence-electron chi connectivity index (χ2n) is 6.20. The first kappa shape index (κ1) is 16.0. The Morgan fingerprint density at radius 3 is 2.84 bits per heavy atom. The number of rotatable bonds is 4. The Balaban J connectivity index is 1.49. The van der Waals surface area contributed by atoms with Gasteiger partial charge in [-0.3, -0.25) is 14.7 Å². The quantitative estimate of drug-likeness (QED) is 0.776. The van der Waals surface area contributed by atoms with Gasteiger partial charge in [0.25, 0.3) is 5.91 Å². The van der Waals surface area contributed by atoms with Gasteiger partial charge < -0.3 is 5.32 Å². The molecule has 0 fully saturated rings. The van der Waals surface area contributed by atoms with Crippen molar-refractivity contribution >= 4 is 22.9 Å². The van der Waals surface area contributed by atoms with E-state index in [1.54, 1.807) is 6.20 Å². The summed E-state index contributed by atoms with van der Waals surface area (Å²) < 4.78 is 0. The molecule has 1 aliphatic rings. The van der Waals surface area contributed by atoms with Gasteiger partial charge in [-0.1, -0.05) is 36.4 Å². The van der Waals surface area contributed by atoms with E-state index in [-0.39, 0.29) is 5.91 Å². The van der Waals surface area contributed by atoms with E-state index in [0.717, 1.165) is 36.6 Å². The highest BCUT2D eigenvalue weighted by atomic mass is 32.1. The highest BCUT2D eigenvalue weighted by Crippen LogP contribution is 2.26. The van der Waals surface area contributed by atoms with E-state index in [1.165, 1.54) is 28.0 Å². The Morgan fingerprint density at radius 1 is 1.16 bits per heavy atom. The summed E-state index contributed by atoms with van der Waals surface area (Å²) in [5.74, 6) is -0.0584. The largest absolute Gasteiger partial charge is 0.320 e. The van der Waals surface area contributed by atoms with Crippen LogP contribution in [0.5, 0.6) is 0 Å². The Morgan fingerprint density at radius 2 is 2.04 bits per heavy atom. The van der Waals surface area contributed by atoms with Crippen molar-refractivity contribution in [2.45, 2.75) is 19.5 Å². The molecule has 4 rings (SSSR count). The fraction of sp³-hybridized carbons (Fsp3) is 0.200. The van der Waals surface area contributed by atoms with Crippen LogP contribution in [0.25, 0.3) is 0 Å². The Labute approximate surface area is 151 Å². The maximum atomic E-state index is 12.3. The van der Waals surface area contributed by atoms with Crippen LogP contribution >= 0.6 is 11.3 Å². The number of hydrogen-bond acceptors (Lipinski definition) is 4. The summed E-state index contributed by atoms with van der Waals surface area (Å²) in [5, 5.41) is 4.94. The minimum atomic E-state index is -0.0584. The molecule has 1 aromatic carbocycles. The molecule has 0 atom stereocenters. The lowest BCUT2D eigenvalue weighted by atomic mass is 9.99. The van der Waals surface area contributed by atoms with Crippen LogP contribution in [0.1, 0.15) is 26.4 Å². The van der Waals surface area contributed by atoms with Crippen molar-refractivity contribution in [3.63, 3.8) is 0 Å². The molecule has 25 heavy (non-hydrogen) atoms. The van der Waals surface area contributed by atoms with Crippen molar-refractivity contribution in [1.82, 2.24) is 9.88 Å². The van der Waals surface area contributed by atoms with Crippen molar-refractivity contribution < 1.29 is 4.79 Å². The van der Waals surface area contributed by atoms with Gasteiger partial charge in [-0.25, -0.2) is 0 Å². The zero-order valence-electron chi connectivity index (χ0n) is 13.8. The number of nitrogens with zero attached hydrogens (tertiary/aromatic N) is 2. The third-order valence-corrected chi connectivity index (χ3v) is 5.33. The van der Waals surface area contributed by atoms with E-state index >= 15 is 0 Å². The predicted octanol–water partition coefficient (Wildman–Crippen LogP) is 3.95. The van der Waals surface area contributed by atoms with Crippen LogP contribution in [0.4, 0.5) is 5.69 Å². The predicted molar refractivity (Wildman–Crippen MR) is 101 cm³/mol. The fourth-order valence-electron chi connectivity index (χ4n) is 3.23. The molecule has 3 aromatic rings. The van der Waals surface area contributed by atoms with E-state index < -0.39 is 0 Å². The van der Waals surface area contributed by atoms with E-state index in [1.807, 2.05) is 29.8 Å². The van der Waals surface area contributed by atoms with E-state index in [4.69, 9.17) is 0 Å². The smallest absolute Gasteiger partial charge is 0.265 e. The van der Waals surface area contributed by atoms with Crippen LogP contribution in [-0.2, 0) is 19.5 Å². The summed E-state index contributed by atoms with van der Waals surface area (Å²) in [6, 6.07) is 14.2. The van der Waals surface area contributed by atoms with Crippen molar-refractivity contribution in [2.75, 3.05) is 11.9 Å². The Bertz CT molecular complexity index is 862. The number of anilines is 1. The third kappa shape index (κ3) is 3.62. The first-order chi connectivity index (χ1) is 12.3. The molecule has 3 heterocycles. The Kier molecular flexibility index (Phi) is 4.59. The van der Waals surface area contributed by atoms with Gasteiger partial charge in [0.05, 0.1) is 16.8 Å². The van der Waals surface area contributed by atoms with Crippen LogP contribution in [0.2, 0.25) is 0 Å². The van der Waals surface area contributed by atoms with Crippen molar-refractivity contribution in [2.24, 2.45) is 0 Å². The lowest BCUT2D eigenvalue weighted by Crippen LogP contribution is -2.31. The molecule has 126 valence electrons. The van der Waals surface area contributed by atoms with E-state index in [2.05, 4.69) is 39.5 Å². The number of benzene rings is 1. The molecule has 5 heteroatoms. The zero-order chi connectivity index (χ0) is 17.1. The highest BCUT2D eigenvalue weighted by molar-refractivity contribution is 7.12. The molecule has 1 amide bonds. The molecule has 0 radical (unpaired) electrons. The highest BCUT2D eigenvalue weighted by Gasteiger charge is 2.20. The molecular formula is C20H19N3OS. The maximum Gasteiger partial charge on any atom is 0.265 e. The SMILES string of the molecule is O=C(Nc1cncc2c1CCN(Cc1ccccc1)C2)c1cccs1. The standard InChI is InChI=1S/C20H19N3OS/c24-20(19-7-4-10-25-19)22-18-12-21-11-16-14-23(9-8-17(16)18)13-15-5-2-1-3-6-15/h1-7,10-12H,8-9,13-14H2,(H,22,24). The van der Waals surface area contributed by atoms with Crippen molar-refractivity contribution in [3.05, 3.63) is 81.8 Å². The van der Waals surface area contributed by atoms with Crippen LogP contribution < -0.4 is 5.32 Å². The van der Waals surface area contributed by atoms with Crippen LogP contribution in [-0.4, -0.2) is 22.3 Å². The van der Waals surface area contributed by atoms with Gasteiger partial charge in [0.1, 0.15) is 0 Å². The molecule has 0 saturated heterocycles. The summed E-state index contributed by atoms with van der Waals surface area (Å²) in [4.78, 5) is 19.8. The second-order valence-corrected chi connectivity index (χ2v) is 7.15. The number of hydrogen-bond donors (Lipinski definition) is 1. The molecular weight excluding hydrogens is 330 g/mol. The molecule has 0 unspecified atom stereocenters. The van der Waals surface area contributed by atoms with Gasteiger partial charge >= 0.3 is 0 Å². The van der Waals surface area contributed by atoms with Gasteiger partial charge in [0.15, 0.2) is 0 Å². The number of thiophene rings is 1. The average molecular weight is 349 g/mol. The first-order valence-corrected chi connectivity index (χ1v) is 9.24. The summed E-state index contributed by atoms with van der Waals surface area (Å²) in [6.45, 7) is 2.78. The van der Waals surface area contributed by atoms with Crippen LogP contribution in [0, 0.1) is 0 Å². The number of fused-ring (bicyclic) bond motifs is 1. The monoisotopic (exact) mass is 349 g/mol. The van der Waals surface area contributed by atoms with Crippen LogP contribution in [0.3, 0.4) is 0 Å². The topological polar surface area (TPSA) is 45.2 Å². The molecule has 0 bridgehead atoms. The van der Waals surface area contributed by atoms with Gasteiger partial charge in [-0.05, 0) is 34.6 Å². The van der Waals surface area contributed by atoms with Gasteiger partial charge in [-0.15, -0.1) is 11.3 Å². The van der Waals surface area contributed by atoms with E-state index in [9.17, 15) is 4.79 Å². The normalized spacial score (nSPS) is 14.1. The molecule has 0 aliphatic carbocycles. The first-order valence-electron chi connectivity index (χ1n) is 8.36. The van der Waals surface area contributed by atoms with Gasteiger partial charge in [0, 0.05) is 25.8 Å². The minimum absolute atomic E-state index is 0.0584. The number of aromatic nitrogens is 1. The second kappa shape index (κ2) is 7.17. The number of amides is 1. The summed E-state index contributed by atoms with van der Waals surface area (Å²) in [5.41, 5.74) is 4.58. The number of carbonyl (C=O) groups is 1. The summed E-state index contributed by atoms with van der Waals surface area (Å²) in [6.07, 6.45) is 4.61. The maximum absolute atomic E-state index is 12.3. The molecule has 1 N–H and O–H groups in total. The molecule has 4 nitrogen and oxygen atoms in total. The molecule has 0 saturated carbocycles.